The van der Waals surface area contributed by atoms with Crippen molar-refractivity contribution in [3.05, 3.63) is 75.3 Å². The highest BCUT2D eigenvalue weighted by atomic mass is 19.1. The molecule has 0 saturated carbocycles. The van der Waals surface area contributed by atoms with E-state index in [1.54, 1.807) is 31.2 Å². The molecule has 0 saturated heterocycles. The maximum absolute atomic E-state index is 16.1. The van der Waals surface area contributed by atoms with Crippen molar-refractivity contribution in [3.8, 4) is 23.1 Å². The van der Waals surface area contributed by atoms with Crippen LogP contribution in [0.5, 0.6) is 17.2 Å². The number of aromatic amines is 2. The number of H-pyrrole nitrogens is 2. The van der Waals surface area contributed by atoms with Crippen molar-refractivity contribution < 1.29 is 38.0 Å². The number of carbonyl (C=O) groups is 2. The number of nitrogen functional groups attached to an aromatic ring is 1. The van der Waals surface area contributed by atoms with E-state index in [1.807, 2.05) is 0 Å². The lowest BCUT2D eigenvalue weighted by atomic mass is 10.0. The van der Waals surface area contributed by atoms with Crippen molar-refractivity contribution in [1.82, 2.24) is 25.0 Å². The Morgan fingerprint density at radius 1 is 1.24 bits per heavy atom. The number of aromatic nitrogens is 5. The fraction of sp³-hybridized carbons (Fsp3) is 0.286. The normalized spacial score (nSPS) is 12.6. The summed E-state index contributed by atoms with van der Waals surface area (Å²) in [6.45, 7) is 3.39. The molecule has 0 radical (unpaired) electrons. The van der Waals surface area contributed by atoms with Crippen molar-refractivity contribution in [2.45, 2.75) is 26.3 Å². The number of fused-ring (bicyclic) bond motifs is 1. The Bertz CT molecular complexity index is 1740. The first-order valence-electron chi connectivity index (χ1n) is 13.5. The van der Waals surface area contributed by atoms with E-state index in [1.165, 1.54) is 19.4 Å². The molecule has 1 unspecified atom stereocenters. The van der Waals surface area contributed by atoms with Crippen LogP contribution in [0.1, 0.15) is 53.6 Å². The molecule has 0 spiro atoms. The average molecular weight is 627 g/mol. The number of nitrogens with zero attached hydrogens (tertiary/aromatic N) is 3. The summed E-state index contributed by atoms with van der Waals surface area (Å²) in [5.41, 5.74) is 5.84. The van der Waals surface area contributed by atoms with Crippen LogP contribution in [-0.4, -0.2) is 74.8 Å². The summed E-state index contributed by atoms with van der Waals surface area (Å²) in [4.78, 5) is 37.1. The number of esters is 1. The monoisotopic (exact) mass is 626 g/mol. The van der Waals surface area contributed by atoms with Gasteiger partial charge >= 0.3 is 11.7 Å². The quantitative estimate of drug-likeness (QED) is 0.0893. The van der Waals surface area contributed by atoms with E-state index in [2.05, 4.69) is 25.6 Å². The zero-order valence-corrected chi connectivity index (χ0v) is 24.5. The second kappa shape index (κ2) is 14.1. The number of carbonyl (C=O) groups excluding carboxylic acids is 1. The highest BCUT2D eigenvalue weighted by Gasteiger charge is 2.31. The smallest absolute Gasteiger partial charge is 0.349 e. The van der Waals surface area contributed by atoms with Crippen molar-refractivity contribution in [2.24, 2.45) is 5.73 Å². The summed E-state index contributed by atoms with van der Waals surface area (Å²) in [7, 11) is 1.42. The minimum atomic E-state index is -1.10. The van der Waals surface area contributed by atoms with Crippen LogP contribution in [0.3, 0.4) is 0 Å². The van der Waals surface area contributed by atoms with Gasteiger partial charge in [0, 0.05) is 30.2 Å². The number of amidine groups is 1. The van der Waals surface area contributed by atoms with Crippen molar-refractivity contribution in [3.63, 3.8) is 0 Å². The van der Waals surface area contributed by atoms with Crippen LogP contribution in [0.2, 0.25) is 0 Å². The molecular formula is C28H31FN8O8. The minimum absolute atomic E-state index is 0.00880. The Kier molecular flexibility index (Phi) is 10.0. The van der Waals surface area contributed by atoms with E-state index in [-0.39, 0.29) is 59.1 Å². The molecule has 45 heavy (non-hydrogen) atoms. The van der Waals surface area contributed by atoms with Gasteiger partial charge in [0.2, 0.25) is 11.5 Å². The number of ether oxygens (including phenoxy) is 4. The van der Waals surface area contributed by atoms with Crippen LogP contribution in [0.25, 0.3) is 5.82 Å². The van der Waals surface area contributed by atoms with Gasteiger partial charge in [0.05, 0.1) is 33.1 Å². The highest BCUT2D eigenvalue weighted by Crippen LogP contribution is 2.45. The van der Waals surface area contributed by atoms with E-state index in [9.17, 15) is 9.59 Å². The van der Waals surface area contributed by atoms with Crippen molar-refractivity contribution in [2.75, 3.05) is 32.2 Å². The molecule has 0 bridgehead atoms. The largest absolute Gasteiger partial charge is 0.493 e. The van der Waals surface area contributed by atoms with E-state index in [4.69, 9.17) is 40.0 Å². The standard InChI is InChI=1S/C26H27FN8O6.C2H4O2/c1-3-39-25(36)16-12-30-33-24(16)35-26(37)32-23(34-35)19(31-14-7-5-13(6-8-14)22(28)29)15-11-17(38-2)20-21(18(15)27)41-10-4-9-40-20;1-2(3)4/h5-8,11-12,19,31H,3-4,9-10H2,1-2H3,(H3,28,29)(H,30,33)(H,32,34,37);1H3,(H,3,4). The lowest BCUT2D eigenvalue weighted by Crippen LogP contribution is -2.19. The molecular weight excluding hydrogens is 595 g/mol. The molecule has 2 aromatic carbocycles. The zero-order chi connectivity index (χ0) is 32.7. The summed E-state index contributed by atoms with van der Waals surface area (Å²) >= 11 is 0. The van der Waals surface area contributed by atoms with Crippen LogP contribution in [-0.2, 0) is 9.53 Å². The Morgan fingerprint density at radius 3 is 2.53 bits per heavy atom. The number of nitrogens with one attached hydrogen (secondary N) is 4. The van der Waals surface area contributed by atoms with E-state index >= 15 is 4.39 Å². The molecule has 238 valence electrons. The lowest BCUT2D eigenvalue weighted by molar-refractivity contribution is -0.134. The van der Waals surface area contributed by atoms with E-state index in [0.717, 1.165) is 11.6 Å². The molecule has 3 heterocycles. The van der Waals surface area contributed by atoms with E-state index < -0.39 is 29.5 Å². The Balaban J connectivity index is 0.00000109. The molecule has 0 amide bonds. The average Bonchev–Trinajstić information content (AvgIpc) is 3.55. The van der Waals surface area contributed by atoms with Gasteiger partial charge in [-0.25, -0.2) is 14.0 Å². The van der Waals surface area contributed by atoms with Gasteiger partial charge in [-0.2, -0.15) is 9.78 Å². The molecule has 1 atom stereocenters. The first kappa shape index (κ1) is 32.1. The molecule has 1 aliphatic heterocycles. The summed E-state index contributed by atoms with van der Waals surface area (Å²) < 4.78 is 39.0. The maximum Gasteiger partial charge on any atom is 0.349 e. The van der Waals surface area contributed by atoms with Gasteiger partial charge in [-0.05, 0) is 37.3 Å². The number of nitrogens with two attached hydrogens (primary N) is 1. The highest BCUT2D eigenvalue weighted by molar-refractivity contribution is 5.95. The van der Waals surface area contributed by atoms with Gasteiger partial charge < -0.3 is 35.1 Å². The molecule has 0 aliphatic carbocycles. The SMILES string of the molecule is CC(=O)O.CCOC(=O)c1cn[nH]c1-n1nc(C(Nc2ccc(C(=N)N)cc2)c2cc(OC)c3c(c2F)OCCCO3)[nH]c1=O. The number of aliphatic carboxylic acids is 1. The second-order valence-electron chi connectivity index (χ2n) is 9.36. The number of anilines is 1. The van der Waals surface area contributed by atoms with Crippen molar-refractivity contribution >= 4 is 23.5 Å². The van der Waals surface area contributed by atoms with Gasteiger partial charge in [-0.15, -0.1) is 5.10 Å². The molecule has 1 aliphatic rings. The van der Waals surface area contributed by atoms with Gasteiger partial charge in [-0.1, -0.05) is 0 Å². The topological polar surface area (TPSA) is 233 Å². The molecule has 0 fully saturated rings. The molecule has 5 rings (SSSR count). The number of benzene rings is 2. The molecule has 16 nitrogen and oxygen atoms in total. The van der Waals surface area contributed by atoms with Crippen LogP contribution in [0.15, 0.2) is 41.3 Å². The van der Waals surface area contributed by atoms with Gasteiger partial charge in [0.25, 0.3) is 5.97 Å². The number of halogens is 1. The predicted molar refractivity (Wildman–Crippen MR) is 157 cm³/mol. The van der Waals surface area contributed by atoms with Crippen LogP contribution in [0, 0.1) is 11.2 Å². The number of rotatable bonds is 9. The van der Waals surface area contributed by atoms with E-state index in [0.29, 0.717) is 24.3 Å². The third-order valence-electron chi connectivity index (χ3n) is 6.22. The first-order chi connectivity index (χ1) is 21.5. The molecule has 4 aromatic rings. The van der Waals surface area contributed by atoms with Crippen LogP contribution < -0.4 is 31.0 Å². The summed E-state index contributed by atoms with van der Waals surface area (Å²) in [6.07, 6.45) is 1.76. The third kappa shape index (κ3) is 7.20. The summed E-state index contributed by atoms with van der Waals surface area (Å²) in [5, 5.41) is 29.0. The third-order valence-corrected chi connectivity index (χ3v) is 6.22. The lowest BCUT2D eigenvalue weighted by Gasteiger charge is -2.22. The Morgan fingerprint density at radius 2 is 1.91 bits per heavy atom. The van der Waals surface area contributed by atoms with Crippen molar-refractivity contribution in [1.29, 1.82) is 5.41 Å². The van der Waals surface area contributed by atoms with Gasteiger partial charge in [0.15, 0.2) is 23.2 Å². The first-order valence-corrected chi connectivity index (χ1v) is 13.5. The Hall–Kier alpha value is -5.87. The van der Waals surface area contributed by atoms with Crippen LogP contribution >= 0.6 is 0 Å². The number of carboxylic acids is 1. The predicted octanol–water partition coefficient (Wildman–Crippen LogP) is 2.35. The summed E-state index contributed by atoms with van der Waals surface area (Å²) in [6, 6.07) is 6.85. The summed E-state index contributed by atoms with van der Waals surface area (Å²) in [5.74, 6) is -2.22. The zero-order valence-electron chi connectivity index (χ0n) is 24.5. The Labute approximate surface area is 254 Å². The number of carboxylic acid groups (broad SMARTS) is 1. The van der Waals surface area contributed by atoms with Gasteiger partial charge in [0.1, 0.15) is 17.4 Å². The second-order valence-corrected chi connectivity index (χ2v) is 9.36. The number of hydrogen-bond donors (Lipinski definition) is 6. The number of hydrogen-bond acceptors (Lipinski definition) is 11. The maximum atomic E-state index is 16.1. The molecule has 7 N–H and O–H groups in total. The fourth-order valence-electron chi connectivity index (χ4n) is 4.27. The minimum Gasteiger partial charge on any atom is -0.493 e. The molecule has 17 heteroatoms. The van der Waals surface area contributed by atoms with Crippen LogP contribution in [0.4, 0.5) is 10.1 Å². The van der Waals surface area contributed by atoms with Gasteiger partial charge in [-0.3, -0.25) is 20.3 Å². The number of methoxy groups -OCH3 is 1. The fourth-order valence-corrected chi connectivity index (χ4v) is 4.27. The molecule has 2 aromatic heterocycles.